The van der Waals surface area contributed by atoms with Crippen LogP contribution in [-0.2, 0) is 6.42 Å². The summed E-state index contributed by atoms with van der Waals surface area (Å²) in [5, 5.41) is 10.6. The molecule has 0 saturated carbocycles. The predicted molar refractivity (Wildman–Crippen MR) is 109 cm³/mol. The molecule has 9 heteroatoms. The van der Waals surface area contributed by atoms with E-state index < -0.39 is 0 Å². The van der Waals surface area contributed by atoms with Crippen molar-refractivity contribution in [2.24, 2.45) is 0 Å². The quantitative estimate of drug-likeness (QED) is 0.224. The number of hydrogen-bond donors (Lipinski definition) is 0. The summed E-state index contributed by atoms with van der Waals surface area (Å²) in [5.41, 5.74) is 0.993. The summed E-state index contributed by atoms with van der Waals surface area (Å²) in [7, 11) is 0. The van der Waals surface area contributed by atoms with E-state index in [9.17, 15) is 0 Å². The molecule has 132 valence electrons. The summed E-state index contributed by atoms with van der Waals surface area (Å²) >= 11 is 10.3. The number of hydrogen-bond acceptors (Lipinski definition) is 8. The van der Waals surface area contributed by atoms with Crippen molar-refractivity contribution in [2.75, 3.05) is 5.75 Å². The summed E-state index contributed by atoms with van der Waals surface area (Å²) in [4.78, 5) is 5.47. The van der Waals surface area contributed by atoms with Crippen molar-refractivity contribution in [1.82, 2.24) is 19.9 Å². The van der Waals surface area contributed by atoms with Gasteiger partial charge in [0.05, 0.1) is 10.6 Å². The van der Waals surface area contributed by atoms with E-state index >= 15 is 0 Å². The Morgan fingerprint density at radius 1 is 1.15 bits per heavy atom. The van der Waals surface area contributed by atoms with Crippen LogP contribution in [-0.4, -0.2) is 25.7 Å². The molecule has 3 heterocycles. The second-order valence-corrected chi connectivity index (χ2v) is 9.23. The Bertz CT molecular complexity index is 1020. The van der Waals surface area contributed by atoms with E-state index in [0.29, 0.717) is 11.7 Å². The standard InChI is InChI=1S/C17H14N4OS4/c23-17-21(12-6-2-1-3-7-12)19-16(26-17)25-11-5-9-14-18-15(20-22-14)13-8-4-10-24-13/h1-4,6-8,10H,5,9,11H2. The van der Waals surface area contributed by atoms with E-state index in [0.717, 1.165) is 37.5 Å². The average Bonchev–Trinajstić information content (AvgIpc) is 3.40. The van der Waals surface area contributed by atoms with Gasteiger partial charge in [-0.25, -0.2) is 4.68 Å². The molecule has 3 aromatic heterocycles. The van der Waals surface area contributed by atoms with Gasteiger partial charge in [-0.15, -0.1) is 16.4 Å². The van der Waals surface area contributed by atoms with E-state index in [1.54, 1.807) is 23.1 Å². The molecule has 0 aliphatic carbocycles. The number of rotatable bonds is 7. The van der Waals surface area contributed by atoms with Gasteiger partial charge in [0.25, 0.3) is 0 Å². The molecule has 0 fully saturated rings. The number of aryl methyl sites for hydroxylation is 1. The van der Waals surface area contributed by atoms with Gasteiger partial charge in [0.15, 0.2) is 8.29 Å². The van der Waals surface area contributed by atoms with E-state index in [4.69, 9.17) is 16.7 Å². The van der Waals surface area contributed by atoms with Gasteiger partial charge in [-0.2, -0.15) is 4.98 Å². The van der Waals surface area contributed by atoms with Crippen LogP contribution >= 0.6 is 46.7 Å². The Balaban J connectivity index is 1.31. The third kappa shape index (κ3) is 4.12. The Kier molecular flexibility index (Phi) is 5.59. The van der Waals surface area contributed by atoms with Crippen molar-refractivity contribution >= 4 is 46.7 Å². The van der Waals surface area contributed by atoms with Crippen LogP contribution in [0.1, 0.15) is 12.3 Å². The van der Waals surface area contributed by atoms with E-state index in [-0.39, 0.29) is 0 Å². The molecule has 26 heavy (non-hydrogen) atoms. The SMILES string of the molecule is S=c1sc(SCCCc2nc(-c3cccs3)no2)nn1-c1ccccc1. The zero-order chi connectivity index (χ0) is 17.8. The maximum absolute atomic E-state index is 5.43. The van der Waals surface area contributed by atoms with Gasteiger partial charge in [-0.05, 0) is 42.2 Å². The highest BCUT2D eigenvalue weighted by Crippen LogP contribution is 2.25. The Labute approximate surface area is 167 Å². The van der Waals surface area contributed by atoms with Gasteiger partial charge in [0.2, 0.25) is 11.7 Å². The van der Waals surface area contributed by atoms with Crippen LogP contribution in [0.5, 0.6) is 0 Å². The van der Waals surface area contributed by atoms with Crippen molar-refractivity contribution in [1.29, 1.82) is 0 Å². The predicted octanol–water partition coefficient (Wildman–Crippen LogP) is 5.50. The first-order valence-electron chi connectivity index (χ1n) is 7.94. The Morgan fingerprint density at radius 3 is 2.85 bits per heavy atom. The lowest BCUT2D eigenvalue weighted by molar-refractivity contribution is 0.378. The zero-order valence-corrected chi connectivity index (χ0v) is 16.8. The summed E-state index contributed by atoms with van der Waals surface area (Å²) in [5.74, 6) is 2.27. The molecule has 0 saturated heterocycles. The molecular formula is C17H14N4OS4. The fraction of sp³-hybridized carbons (Fsp3) is 0.176. The lowest BCUT2D eigenvalue weighted by atomic mass is 10.3. The largest absolute Gasteiger partial charge is 0.339 e. The fourth-order valence-corrected chi connectivity index (χ4v) is 5.32. The van der Waals surface area contributed by atoms with Gasteiger partial charge < -0.3 is 4.52 Å². The summed E-state index contributed by atoms with van der Waals surface area (Å²) in [6, 6.07) is 13.9. The molecule has 0 aliphatic heterocycles. The second kappa shape index (κ2) is 8.26. The number of nitrogens with zero attached hydrogens (tertiary/aromatic N) is 4. The molecule has 0 aliphatic rings. The van der Waals surface area contributed by atoms with Crippen LogP contribution < -0.4 is 0 Å². The van der Waals surface area contributed by atoms with Gasteiger partial charge in [-0.1, -0.05) is 52.5 Å². The minimum Gasteiger partial charge on any atom is -0.339 e. The van der Waals surface area contributed by atoms with Gasteiger partial charge in [-0.3, -0.25) is 0 Å². The maximum Gasteiger partial charge on any atom is 0.227 e. The molecular weight excluding hydrogens is 404 g/mol. The lowest BCUT2D eigenvalue weighted by Gasteiger charge is -1.99. The van der Waals surface area contributed by atoms with Crippen LogP contribution in [0.2, 0.25) is 0 Å². The first kappa shape index (κ1) is 17.6. The van der Waals surface area contributed by atoms with E-state index in [2.05, 4.69) is 15.2 Å². The second-order valence-electron chi connectivity index (χ2n) is 5.32. The van der Waals surface area contributed by atoms with Crippen LogP contribution in [0.15, 0.2) is 56.7 Å². The molecule has 4 rings (SSSR count). The molecule has 1 aromatic carbocycles. The summed E-state index contributed by atoms with van der Waals surface area (Å²) < 4.78 is 8.87. The Hall–Kier alpha value is -1.81. The fourth-order valence-electron chi connectivity index (χ4n) is 2.30. The third-order valence-corrected chi connectivity index (χ3v) is 6.82. The number of benzene rings is 1. The van der Waals surface area contributed by atoms with E-state index in [1.165, 1.54) is 11.3 Å². The number of thiophene rings is 1. The van der Waals surface area contributed by atoms with Gasteiger partial charge >= 0.3 is 0 Å². The van der Waals surface area contributed by atoms with Gasteiger partial charge in [0.1, 0.15) is 0 Å². The zero-order valence-electron chi connectivity index (χ0n) is 13.6. The highest BCUT2D eigenvalue weighted by atomic mass is 32.2. The molecule has 0 N–H and O–H groups in total. The van der Waals surface area contributed by atoms with Crippen LogP contribution in [0.4, 0.5) is 0 Å². The molecule has 0 radical (unpaired) electrons. The summed E-state index contributed by atoms with van der Waals surface area (Å²) in [6.45, 7) is 0. The molecule has 5 nitrogen and oxygen atoms in total. The van der Waals surface area contributed by atoms with Crippen LogP contribution in [0.3, 0.4) is 0 Å². The van der Waals surface area contributed by atoms with Crippen molar-refractivity contribution in [3.8, 4) is 16.4 Å². The molecule has 0 unspecified atom stereocenters. The molecule has 0 atom stereocenters. The van der Waals surface area contributed by atoms with Crippen molar-refractivity contribution < 1.29 is 4.52 Å². The maximum atomic E-state index is 5.43. The first-order chi connectivity index (χ1) is 12.8. The number of aromatic nitrogens is 4. The number of thioether (sulfide) groups is 1. The normalized spacial score (nSPS) is 11.1. The first-order valence-corrected chi connectivity index (χ1v) is 11.0. The molecule has 4 aromatic rings. The molecule has 0 bridgehead atoms. The van der Waals surface area contributed by atoms with Crippen molar-refractivity contribution in [3.05, 3.63) is 57.7 Å². The smallest absolute Gasteiger partial charge is 0.227 e. The van der Waals surface area contributed by atoms with Gasteiger partial charge in [0, 0.05) is 12.2 Å². The third-order valence-electron chi connectivity index (χ3n) is 3.50. The van der Waals surface area contributed by atoms with Crippen LogP contribution in [0, 0.1) is 3.95 Å². The van der Waals surface area contributed by atoms with Crippen LogP contribution in [0.25, 0.3) is 16.4 Å². The molecule has 0 amide bonds. The van der Waals surface area contributed by atoms with Crippen molar-refractivity contribution in [2.45, 2.75) is 17.2 Å². The Morgan fingerprint density at radius 2 is 2.04 bits per heavy atom. The topological polar surface area (TPSA) is 56.7 Å². The highest BCUT2D eigenvalue weighted by Gasteiger charge is 2.10. The lowest BCUT2D eigenvalue weighted by Crippen LogP contribution is -1.95. The summed E-state index contributed by atoms with van der Waals surface area (Å²) in [6.07, 6.45) is 1.70. The minimum atomic E-state index is 0.669. The monoisotopic (exact) mass is 418 g/mol. The minimum absolute atomic E-state index is 0.669. The molecule has 0 spiro atoms. The highest BCUT2D eigenvalue weighted by molar-refractivity contribution is 8.01. The number of para-hydroxylation sites is 1. The van der Waals surface area contributed by atoms with E-state index in [1.807, 2.05) is 52.5 Å². The van der Waals surface area contributed by atoms with Crippen molar-refractivity contribution in [3.63, 3.8) is 0 Å². The average molecular weight is 419 g/mol.